The van der Waals surface area contributed by atoms with E-state index < -0.39 is 0 Å². The highest BCUT2D eigenvalue weighted by Gasteiger charge is 2.03. The highest BCUT2D eigenvalue weighted by Crippen LogP contribution is 2.24. The van der Waals surface area contributed by atoms with Crippen LogP contribution in [0.15, 0.2) is 47.5 Å². The highest BCUT2D eigenvalue weighted by molar-refractivity contribution is 6.30. The van der Waals surface area contributed by atoms with Crippen LogP contribution in [0, 0.1) is 0 Å². The first-order chi connectivity index (χ1) is 7.83. The van der Waals surface area contributed by atoms with Crippen LogP contribution in [-0.4, -0.2) is 9.97 Å². The van der Waals surface area contributed by atoms with Crippen LogP contribution in [0.4, 0.5) is 0 Å². The van der Waals surface area contributed by atoms with Crippen molar-refractivity contribution < 1.29 is 4.42 Å². The van der Waals surface area contributed by atoms with Gasteiger partial charge in [0.1, 0.15) is 5.15 Å². The minimum absolute atomic E-state index is 0.488. The Hall–Kier alpha value is -1.87. The summed E-state index contributed by atoms with van der Waals surface area (Å²) in [5.41, 5.74) is 0.979. The molecule has 0 N–H and O–H groups in total. The third-order valence-corrected chi connectivity index (χ3v) is 2.61. The standard InChI is InChI=1S/C12H7ClN2O/c13-12-4-10-3-8(11-6-14-7-16-11)1-2-9(10)5-15-12/h1-7H. The predicted molar refractivity (Wildman–Crippen MR) is 62.3 cm³/mol. The fraction of sp³-hybridized carbons (Fsp3) is 0. The van der Waals surface area contributed by atoms with Crippen LogP contribution in [0.25, 0.3) is 22.1 Å². The topological polar surface area (TPSA) is 38.9 Å². The molecule has 0 atom stereocenters. The average Bonchev–Trinajstić information content (AvgIpc) is 2.81. The van der Waals surface area contributed by atoms with E-state index >= 15 is 0 Å². The zero-order valence-corrected chi connectivity index (χ0v) is 8.98. The van der Waals surface area contributed by atoms with Crippen LogP contribution in [0.3, 0.4) is 0 Å². The van der Waals surface area contributed by atoms with Crippen LogP contribution in [0.5, 0.6) is 0 Å². The molecule has 4 heteroatoms. The maximum atomic E-state index is 5.85. The summed E-state index contributed by atoms with van der Waals surface area (Å²) in [5, 5.41) is 2.57. The minimum Gasteiger partial charge on any atom is -0.444 e. The van der Waals surface area contributed by atoms with E-state index in [1.807, 2.05) is 24.3 Å². The molecule has 0 bridgehead atoms. The second-order valence-corrected chi connectivity index (χ2v) is 3.82. The Balaban J connectivity index is 2.22. The third-order valence-electron chi connectivity index (χ3n) is 2.41. The molecular weight excluding hydrogens is 224 g/mol. The molecule has 2 aromatic heterocycles. The molecule has 0 saturated heterocycles. The van der Waals surface area contributed by atoms with Crippen LogP contribution >= 0.6 is 11.6 Å². The molecule has 0 radical (unpaired) electrons. The number of oxazole rings is 1. The van der Waals surface area contributed by atoms with Crippen molar-refractivity contribution >= 4 is 22.4 Å². The van der Waals surface area contributed by atoms with Crippen molar-refractivity contribution in [3.8, 4) is 11.3 Å². The molecule has 1 aromatic carbocycles. The molecule has 0 unspecified atom stereocenters. The van der Waals surface area contributed by atoms with E-state index in [2.05, 4.69) is 9.97 Å². The first-order valence-corrected chi connectivity index (χ1v) is 5.15. The summed E-state index contributed by atoms with van der Waals surface area (Å²) in [7, 11) is 0. The predicted octanol–water partition coefficient (Wildman–Crippen LogP) is 3.54. The van der Waals surface area contributed by atoms with E-state index in [-0.39, 0.29) is 0 Å². The summed E-state index contributed by atoms with van der Waals surface area (Å²) in [4.78, 5) is 7.92. The maximum absolute atomic E-state index is 5.85. The van der Waals surface area contributed by atoms with Gasteiger partial charge in [0.25, 0.3) is 0 Å². The Morgan fingerprint density at radius 2 is 2.00 bits per heavy atom. The average molecular weight is 231 g/mol. The van der Waals surface area contributed by atoms with Crippen molar-refractivity contribution in [3.63, 3.8) is 0 Å². The zero-order chi connectivity index (χ0) is 11.0. The normalized spacial score (nSPS) is 10.8. The largest absolute Gasteiger partial charge is 0.444 e. The van der Waals surface area contributed by atoms with Gasteiger partial charge in [0.2, 0.25) is 0 Å². The summed E-state index contributed by atoms with van der Waals surface area (Å²) in [6, 6.07) is 7.79. The van der Waals surface area contributed by atoms with Crippen LogP contribution in [0.2, 0.25) is 5.15 Å². The van der Waals surface area contributed by atoms with Gasteiger partial charge in [-0.1, -0.05) is 23.7 Å². The summed E-state index contributed by atoms with van der Waals surface area (Å²) in [6.07, 6.45) is 4.85. The summed E-state index contributed by atoms with van der Waals surface area (Å²) < 4.78 is 5.24. The van der Waals surface area contributed by atoms with Gasteiger partial charge in [-0.3, -0.25) is 0 Å². The molecule has 3 aromatic rings. The summed E-state index contributed by atoms with van der Waals surface area (Å²) >= 11 is 5.85. The van der Waals surface area contributed by atoms with Crippen molar-refractivity contribution in [2.75, 3.05) is 0 Å². The van der Waals surface area contributed by atoms with Crippen LogP contribution in [-0.2, 0) is 0 Å². The fourth-order valence-corrected chi connectivity index (χ4v) is 1.79. The number of pyridine rings is 1. The number of fused-ring (bicyclic) bond motifs is 1. The van der Waals surface area contributed by atoms with Crippen molar-refractivity contribution in [1.82, 2.24) is 9.97 Å². The fourth-order valence-electron chi connectivity index (χ4n) is 1.63. The summed E-state index contributed by atoms with van der Waals surface area (Å²) in [5.74, 6) is 0.745. The van der Waals surface area contributed by atoms with Crippen molar-refractivity contribution in [2.45, 2.75) is 0 Å². The number of rotatable bonds is 1. The minimum atomic E-state index is 0.488. The highest BCUT2D eigenvalue weighted by atomic mass is 35.5. The molecule has 78 valence electrons. The van der Waals surface area contributed by atoms with Gasteiger partial charge in [0.05, 0.1) is 6.20 Å². The number of hydrogen-bond donors (Lipinski definition) is 0. The number of nitrogens with zero attached hydrogens (tertiary/aromatic N) is 2. The molecule has 0 aliphatic rings. The molecule has 0 fully saturated rings. The van der Waals surface area contributed by atoms with Crippen LogP contribution in [0.1, 0.15) is 0 Å². The zero-order valence-electron chi connectivity index (χ0n) is 8.22. The Morgan fingerprint density at radius 3 is 2.81 bits per heavy atom. The second kappa shape index (κ2) is 3.61. The Bertz CT molecular complexity index is 635. The Labute approximate surface area is 96.7 Å². The molecule has 0 amide bonds. The number of aromatic nitrogens is 2. The number of benzene rings is 1. The van der Waals surface area contributed by atoms with Gasteiger partial charge in [-0.15, -0.1) is 0 Å². The summed E-state index contributed by atoms with van der Waals surface area (Å²) in [6.45, 7) is 0. The van der Waals surface area contributed by atoms with Gasteiger partial charge in [0, 0.05) is 17.1 Å². The van der Waals surface area contributed by atoms with E-state index in [1.54, 1.807) is 12.4 Å². The quantitative estimate of drug-likeness (QED) is 0.600. The van der Waals surface area contributed by atoms with Gasteiger partial charge < -0.3 is 4.42 Å². The van der Waals surface area contributed by atoms with Gasteiger partial charge in [-0.05, 0) is 17.5 Å². The SMILES string of the molecule is Clc1cc2cc(-c3cnco3)ccc2cn1. The monoisotopic (exact) mass is 230 g/mol. The third kappa shape index (κ3) is 1.55. The molecule has 2 heterocycles. The van der Waals surface area contributed by atoms with E-state index in [1.165, 1.54) is 6.39 Å². The van der Waals surface area contributed by atoms with E-state index in [9.17, 15) is 0 Å². The van der Waals surface area contributed by atoms with Gasteiger partial charge in [0.15, 0.2) is 12.2 Å². The van der Waals surface area contributed by atoms with Crippen molar-refractivity contribution in [2.24, 2.45) is 0 Å². The first-order valence-electron chi connectivity index (χ1n) is 4.77. The Kier molecular flexibility index (Phi) is 2.11. The molecule has 3 rings (SSSR count). The lowest BCUT2D eigenvalue weighted by Gasteiger charge is -2.00. The number of hydrogen-bond acceptors (Lipinski definition) is 3. The lowest BCUT2D eigenvalue weighted by molar-refractivity contribution is 0.572. The Morgan fingerprint density at radius 1 is 1.06 bits per heavy atom. The van der Waals surface area contributed by atoms with E-state index in [0.29, 0.717) is 5.15 Å². The van der Waals surface area contributed by atoms with Gasteiger partial charge in [-0.2, -0.15) is 0 Å². The second-order valence-electron chi connectivity index (χ2n) is 3.43. The smallest absolute Gasteiger partial charge is 0.181 e. The number of halogens is 1. The molecule has 0 spiro atoms. The van der Waals surface area contributed by atoms with E-state index in [4.69, 9.17) is 16.0 Å². The molecular formula is C12H7ClN2O. The maximum Gasteiger partial charge on any atom is 0.181 e. The lowest BCUT2D eigenvalue weighted by Crippen LogP contribution is -1.79. The van der Waals surface area contributed by atoms with Gasteiger partial charge >= 0.3 is 0 Å². The molecule has 16 heavy (non-hydrogen) atoms. The molecule has 0 aliphatic carbocycles. The molecule has 0 aliphatic heterocycles. The lowest BCUT2D eigenvalue weighted by atomic mass is 10.1. The van der Waals surface area contributed by atoms with Crippen molar-refractivity contribution in [3.05, 3.63) is 48.2 Å². The van der Waals surface area contributed by atoms with Crippen molar-refractivity contribution in [1.29, 1.82) is 0 Å². The van der Waals surface area contributed by atoms with E-state index in [0.717, 1.165) is 22.1 Å². The van der Waals surface area contributed by atoms with Crippen LogP contribution < -0.4 is 0 Å². The molecule has 0 saturated carbocycles. The van der Waals surface area contributed by atoms with Gasteiger partial charge in [-0.25, -0.2) is 9.97 Å². The first kappa shape index (κ1) is 9.36. The molecule has 3 nitrogen and oxygen atoms in total.